The summed E-state index contributed by atoms with van der Waals surface area (Å²) in [6.45, 7) is 2.04. The Kier molecular flexibility index (Phi) is 2.21. The van der Waals surface area contributed by atoms with Gasteiger partial charge >= 0.3 is 0 Å². The first-order chi connectivity index (χ1) is 6.16. The second-order valence-corrected chi connectivity index (χ2v) is 4.74. The largest absolute Gasteiger partial charge is 0.340 e. The van der Waals surface area contributed by atoms with Gasteiger partial charge in [-0.05, 0) is 22.9 Å². The molecule has 0 aliphatic heterocycles. The summed E-state index contributed by atoms with van der Waals surface area (Å²) < 4.78 is 2.83. The molecule has 0 N–H and O–H groups in total. The number of rotatable bonds is 1. The van der Waals surface area contributed by atoms with Crippen LogP contribution in [-0.2, 0) is 7.05 Å². The number of nitrogens with zero attached hydrogens (tertiary/aromatic N) is 3. The van der Waals surface area contributed by atoms with Crippen molar-refractivity contribution in [2.45, 2.75) is 6.92 Å². The van der Waals surface area contributed by atoms with E-state index in [1.54, 1.807) is 17.7 Å². The molecule has 2 aromatic rings. The highest BCUT2D eigenvalue weighted by atomic mass is 79.9. The van der Waals surface area contributed by atoms with Gasteiger partial charge in [-0.2, -0.15) is 0 Å². The SMILES string of the molecule is Cc1sc(-c2cn(C)cn2)nc1Br. The smallest absolute Gasteiger partial charge is 0.145 e. The van der Waals surface area contributed by atoms with Crippen molar-refractivity contribution in [2.24, 2.45) is 7.05 Å². The lowest BCUT2D eigenvalue weighted by atomic mass is 10.5. The molecule has 2 rings (SSSR count). The Morgan fingerprint density at radius 1 is 1.54 bits per heavy atom. The van der Waals surface area contributed by atoms with Gasteiger partial charge in [-0.25, -0.2) is 9.97 Å². The van der Waals surface area contributed by atoms with Crippen LogP contribution in [-0.4, -0.2) is 14.5 Å². The molecule has 3 nitrogen and oxygen atoms in total. The van der Waals surface area contributed by atoms with Crippen LogP contribution in [0.15, 0.2) is 17.1 Å². The highest BCUT2D eigenvalue weighted by Gasteiger charge is 2.08. The molecule has 0 aliphatic rings. The van der Waals surface area contributed by atoms with Crippen molar-refractivity contribution >= 4 is 27.3 Å². The number of imidazole rings is 1. The molecule has 0 saturated carbocycles. The average Bonchev–Trinajstić information content (AvgIpc) is 2.61. The maximum absolute atomic E-state index is 4.35. The maximum atomic E-state index is 4.35. The minimum Gasteiger partial charge on any atom is -0.340 e. The predicted molar refractivity (Wildman–Crippen MR) is 56.8 cm³/mol. The van der Waals surface area contributed by atoms with Gasteiger partial charge in [0.25, 0.3) is 0 Å². The van der Waals surface area contributed by atoms with Crippen molar-refractivity contribution in [1.82, 2.24) is 14.5 Å². The molecule has 0 spiro atoms. The maximum Gasteiger partial charge on any atom is 0.145 e. The van der Waals surface area contributed by atoms with Gasteiger partial charge in [0.15, 0.2) is 0 Å². The molecule has 0 saturated heterocycles. The molecule has 0 atom stereocenters. The summed E-state index contributed by atoms with van der Waals surface area (Å²) in [5, 5.41) is 0.963. The molecule has 2 aromatic heterocycles. The van der Waals surface area contributed by atoms with Crippen LogP contribution >= 0.6 is 27.3 Å². The lowest BCUT2D eigenvalue weighted by molar-refractivity contribution is 0.913. The zero-order valence-corrected chi connectivity index (χ0v) is 9.69. The van der Waals surface area contributed by atoms with E-state index in [2.05, 4.69) is 25.9 Å². The minimum absolute atomic E-state index is 0.915. The average molecular weight is 258 g/mol. The van der Waals surface area contributed by atoms with Gasteiger partial charge in [-0.15, -0.1) is 11.3 Å². The van der Waals surface area contributed by atoms with Gasteiger partial charge in [0.1, 0.15) is 15.3 Å². The Morgan fingerprint density at radius 2 is 2.31 bits per heavy atom. The van der Waals surface area contributed by atoms with Crippen LogP contribution in [0.5, 0.6) is 0 Å². The summed E-state index contributed by atoms with van der Waals surface area (Å²) in [5.41, 5.74) is 0.932. The predicted octanol–water partition coefficient (Wildman–Crippen LogP) is 2.61. The van der Waals surface area contributed by atoms with E-state index in [9.17, 15) is 0 Å². The van der Waals surface area contributed by atoms with Gasteiger partial charge in [-0.3, -0.25) is 0 Å². The van der Waals surface area contributed by atoms with Gasteiger partial charge in [-0.1, -0.05) is 0 Å². The number of hydrogen-bond acceptors (Lipinski definition) is 3. The van der Waals surface area contributed by atoms with E-state index in [4.69, 9.17) is 0 Å². The van der Waals surface area contributed by atoms with E-state index in [1.165, 1.54) is 4.88 Å². The lowest BCUT2D eigenvalue weighted by Gasteiger charge is -1.85. The summed E-state index contributed by atoms with van der Waals surface area (Å²) in [6, 6.07) is 0. The molecule has 13 heavy (non-hydrogen) atoms. The van der Waals surface area contributed by atoms with Gasteiger partial charge in [0, 0.05) is 18.1 Å². The monoisotopic (exact) mass is 257 g/mol. The Labute approximate surface area is 88.6 Å². The molecule has 0 unspecified atom stereocenters. The molecular weight excluding hydrogens is 250 g/mol. The molecule has 0 radical (unpaired) electrons. The van der Waals surface area contributed by atoms with Crippen molar-refractivity contribution < 1.29 is 0 Å². The molecular formula is C8H8BrN3S. The van der Waals surface area contributed by atoms with Crippen molar-refractivity contribution in [3.05, 3.63) is 22.0 Å². The summed E-state index contributed by atoms with van der Waals surface area (Å²) in [5.74, 6) is 0. The third kappa shape index (κ3) is 1.66. The standard InChI is InChI=1S/C8H8BrN3S/c1-5-7(9)11-8(13-5)6-3-12(2)4-10-6/h3-4H,1-2H3. The van der Waals surface area contributed by atoms with Crippen LogP contribution < -0.4 is 0 Å². The number of halogens is 1. The van der Waals surface area contributed by atoms with Crippen molar-refractivity contribution in [3.8, 4) is 10.7 Å². The van der Waals surface area contributed by atoms with E-state index in [1.807, 2.05) is 24.7 Å². The highest BCUT2D eigenvalue weighted by molar-refractivity contribution is 9.10. The molecule has 0 amide bonds. The first-order valence-electron chi connectivity index (χ1n) is 3.78. The van der Waals surface area contributed by atoms with E-state index in [0.717, 1.165) is 15.3 Å². The Morgan fingerprint density at radius 3 is 2.77 bits per heavy atom. The summed E-state index contributed by atoms with van der Waals surface area (Å²) in [7, 11) is 1.95. The molecule has 68 valence electrons. The van der Waals surface area contributed by atoms with Crippen LogP contribution in [0.3, 0.4) is 0 Å². The number of thiazole rings is 1. The third-order valence-corrected chi connectivity index (χ3v) is 3.69. The van der Waals surface area contributed by atoms with Crippen LogP contribution in [0.4, 0.5) is 0 Å². The Hall–Kier alpha value is -0.680. The Balaban J connectivity index is 2.46. The molecule has 2 heterocycles. The van der Waals surface area contributed by atoms with Crippen molar-refractivity contribution in [3.63, 3.8) is 0 Å². The second kappa shape index (κ2) is 3.23. The molecule has 0 fully saturated rings. The van der Waals surface area contributed by atoms with Crippen LogP contribution in [0.1, 0.15) is 4.88 Å². The minimum atomic E-state index is 0.915. The van der Waals surface area contributed by atoms with Crippen molar-refractivity contribution in [1.29, 1.82) is 0 Å². The first kappa shape index (κ1) is 8.90. The van der Waals surface area contributed by atoms with Crippen molar-refractivity contribution in [2.75, 3.05) is 0 Å². The fourth-order valence-corrected chi connectivity index (χ4v) is 2.31. The summed E-state index contributed by atoms with van der Waals surface area (Å²) >= 11 is 5.03. The fourth-order valence-electron chi connectivity index (χ4n) is 1.01. The topological polar surface area (TPSA) is 30.7 Å². The van der Waals surface area contributed by atoms with Gasteiger partial charge in [0.05, 0.1) is 6.33 Å². The van der Waals surface area contributed by atoms with Crippen LogP contribution in [0.2, 0.25) is 0 Å². The second-order valence-electron chi connectivity index (χ2n) is 2.79. The number of hydrogen-bond donors (Lipinski definition) is 0. The molecule has 0 aromatic carbocycles. The number of aryl methyl sites for hydroxylation is 2. The molecule has 5 heteroatoms. The van der Waals surface area contributed by atoms with E-state index < -0.39 is 0 Å². The van der Waals surface area contributed by atoms with Crippen LogP contribution in [0.25, 0.3) is 10.7 Å². The first-order valence-corrected chi connectivity index (χ1v) is 5.39. The zero-order chi connectivity index (χ0) is 9.42. The Bertz CT molecular complexity index is 413. The van der Waals surface area contributed by atoms with E-state index in [-0.39, 0.29) is 0 Å². The van der Waals surface area contributed by atoms with Gasteiger partial charge < -0.3 is 4.57 Å². The lowest BCUT2D eigenvalue weighted by Crippen LogP contribution is -1.77. The number of aromatic nitrogens is 3. The normalized spacial score (nSPS) is 10.7. The third-order valence-electron chi connectivity index (χ3n) is 1.66. The molecule has 0 aliphatic carbocycles. The summed E-state index contributed by atoms with van der Waals surface area (Å²) in [6.07, 6.45) is 3.74. The van der Waals surface area contributed by atoms with Gasteiger partial charge in [0.2, 0.25) is 0 Å². The molecule has 0 bridgehead atoms. The zero-order valence-electron chi connectivity index (χ0n) is 7.28. The summed E-state index contributed by atoms with van der Waals surface area (Å²) in [4.78, 5) is 9.76. The quantitative estimate of drug-likeness (QED) is 0.787. The van der Waals surface area contributed by atoms with E-state index >= 15 is 0 Å². The van der Waals surface area contributed by atoms with E-state index in [0.29, 0.717) is 0 Å². The van der Waals surface area contributed by atoms with Crippen LogP contribution in [0, 0.1) is 6.92 Å². The fraction of sp³-hybridized carbons (Fsp3) is 0.250. The highest BCUT2D eigenvalue weighted by Crippen LogP contribution is 2.28.